The summed E-state index contributed by atoms with van der Waals surface area (Å²) in [6.07, 6.45) is 1.99. The van der Waals surface area contributed by atoms with Gasteiger partial charge in [-0.25, -0.2) is 4.39 Å². The highest BCUT2D eigenvalue weighted by Crippen LogP contribution is 2.17. The predicted molar refractivity (Wildman–Crippen MR) is 107 cm³/mol. The van der Waals surface area contributed by atoms with Crippen LogP contribution in [0.3, 0.4) is 0 Å². The molecule has 0 unspecified atom stereocenters. The van der Waals surface area contributed by atoms with E-state index in [1.807, 2.05) is 30.5 Å². The summed E-state index contributed by atoms with van der Waals surface area (Å²) in [5.41, 5.74) is 4.45. The molecule has 3 aromatic rings. The Hall–Kier alpha value is -2.56. The van der Waals surface area contributed by atoms with Crippen LogP contribution in [0.25, 0.3) is 11.3 Å². The first-order chi connectivity index (χ1) is 13.3. The van der Waals surface area contributed by atoms with Gasteiger partial charge in [0.25, 0.3) is 0 Å². The van der Waals surface area contributed by atoms with Crippen LogP contribution in [0.15, 0.2) is 72.9 Å². The van der Waals surface area contributed by atoms with Gasteiger partial charge >= 0.3 is 0 Å². The summed E-state index contributed by atoms with van der Waals surface area (Å²) in [5, 5.41) is 0. The van der Waals surface area contributed by atoms with Crippen molar-refractivity contribution in [1.82, 2.24) is 14.8 Å². The van der Waals surface area contributed by atoms with Crippen LogP contribution in [-0.4, -0.2) is 41.0 Å². The highest BCUT2D eigenvalue weighted by atomic mass is 19.1. The molecule has 2 heterocycles. The lowest BCUT2D eigenvalue weighted by Crippen LogP contribution is -2.45. The van der Waals surface area contributed by atoms with E-state index in [0.29, 0.717) is 0 Å². The molecule has 0 saturated carbocycles. The molecule has 0 aliphatic carbocycles. The molecular weight excluding hydrogens is 337 g/mol. The van der Waals surface area contributed by atoms with Crippen LogP contribution in [0, 0.1) is 5.82 Å². The van der Waals surface area contributed by atoms with Gasteiger partial charge in [0.15, 0.2) is 0 Å². The largest absolute Gasteiger partial charge is 0.297 e. The van der Waals surface area contributed by atoms with E-state index in [1.54, 1.807) is 12.1 Å². The second-order valence-electron chi connectivity index (χ2n) is 7.10. The SMILES string of the molecule is Fc1cccc(CN2CCN(Cc3ccc(-c4ccccc4)nc3)CC2)c1. The molecule has 1 aromatic heterocycles. The lowest BCUT2D eigenvalue weighted by molar-refractivity contribution is 0.122. The molecule has 0 bridgehead atoms. The number of halogens is 1. The van der Waals surface area contributed by atoms with E-state index in [0.717, 1.165) is 56.1 Å². The van der Waals surface area contributed by atoms with E-state index in [9.17, 15) is 4.39 Å². The first-order valence-electron chi connectivity index (χ1n) is 9.46. The van der Waals surface area contributed by atoms with E-state index >= 15 is 0 Å². The molecule has 4 rings (SSSR count). The lowest BCUT2D eigenvalue weighted by Gasteiger charge is -2.34. The Balaban J connectivity index is 1.29. The average molecular weight is 361 g/mol. The van der Waals surface area contributed by atoms with Gasteiger partial charge in [0.2, 0.25) is 0 Å². The molecule has 27 heavy (non-hydrogen) atoms. The standard InChI is InChI=1S/C23H24FN3/c24-22-8-4-5-19(15-22)17-26-11-13-27(14-12-26)18-20-9-10-23(25-16-20)21-6-2-1-3-7-21/h1-10,15-16H,11-14,17-18H2. The van der Waals surface area contributed by atoms with Gasteiger partial charge in [0.05, 0.1) is 5.69 Å². The van der Waals surface area contributed by atoms with E-state index < -0.39 is 0 Å². The summed E-state index contributed by atoms with van der Waals surface area (Å²) >= 11 is 0. The van der Waals surface area contributed by atoms with Crippen molar-refractivity contribution in [1.29, 1.82) is 0 Å². The summed E-state index contributed by atoms with van der Waals surface area (Å²) in [6.45, 7) is 5.80. The van der Waals surface area contributed by atoms with Crippen molar-refractivity contribution in [3.8, 4) is 11.3 Å². The normalized spacial score (nSPS) is 15.7. The van der Waals surface area contributed by atoms with Crippen LogP contribution in [0.4, 0.5) is 4.39 Å². The summed E-state index contributed by atoms with van der Waals surface area (Å²) < 4.78 is 13.3. The van der Waals surface area contributed by atoms with Crippen molar-refractivity contribution in [3.05, 3.63) is 89.9 Å². The van der Waals surface area contributed by atoms with Crippen molar-refractivity contribution in [2.45, 2.75) is 13.1 Å². The number of benzene rings is 2. The summed E-state index contributed by atoms with van der Waals surface area (Å²) in [5.74, 6) is -0.155. The van der Waals surface area contributed by atoms with Crippen molar-refractivity contribution in [2.24, 2.45) is 0 Å². The van der Waals surface area contributed by atoms with Gasteiger partial charge in [0, 0.05) is 51.0 Å². The molecule has 0 spiro atoms. The molecule has 3 nitrogen and oxygen atoms in total. The van der Waals surface area contributed by atoms with E-state index in [4.69, 9.17) is 0 Å². The Labute approximate surface area is 160 Å². The van der Waals surface area contributed by atoms with Gasteiger partial charge in [-0.05, 0) is 29.3 Å². The molecule has 138 valence electrons. The zero-order chi connectivity index (χ0) is 18.5. The van der Waals surface area contributed by atoms with Crippen molar-refractivity contribution in [3.63, 3.8) is 0 Å². The van der Waals surface area contributed by atoms with Gasteiger partial charge in [-0.2, -0.15) is 0 Å². The molecular formula is C23H24FN3. The fraction of sp³-hybridized carbons (Fsp3) is 0.261. The lowest BCUT2D eigenvalue weighted by atomic mass is 10.1. The number of piperazine rings is 1. The van der Waals surface area contributed by atoms with Crippen molar-refractivity contribution in [2.75, 3.05) is 26.2 Å². The van der Waals surface area contributed by atoms with Gasteiger partial charge in [0.1, 0.15) is 5.82 Å². The summed E-state index contributed by atoms with van der Waals surface area (Å²) in [7, 11) is 0. The Morgan fingerprint density at radius 1 is 0.741 bits per heavy atom. The van der Waals surface area contributed by atoms with Gasteiger partial charge in [-0.15, -0.1) is 0 Å². The smallest absolute Gasteiger partial charge is 0.123 e. The van der Waals surface area contributed by atoms with Crippen LogP contribution < -0.4 is 0 Å². The number of hydrogen-bond acceptors (Lipinski definition) is 3. The second kappa shape index (κ2) is 8.42. The van der Waals surface area contributed by atoms with Crippen LogP contribution in [-0.2, 0) is 13.1 Å². The first kappa shape index (κ1) is 17.8. The minimum Gasteiger partial charge on any atom is -0.297 e. The van der Waals surface area contributed by atoms with Crippen LogP contribution in [0.5, 0.6) is 0 Å². The molecule has 4 heteroatoms. The van der Waals surface area contributed by atoms with Gasteiger partial charge in [-0.3, -0.25) is 14.8 Å². The molecule has 1 saturated heterocycles. The molecule has 0 N–H and O–H groups in total. The fourth-order valence-corrected chi connectivity index (χ4v) is 3.55. The maximum absolute atomic E-state index is 13.3. The topological polar surface area (TPSA) is 19.4 Å². The minimum atomic E-state index is -0.155. The Morgan fingerprint density at radius 3 is 2.07 bits per heavy atom. The molecule has 0 atom stereocenters. The molecule has 0 amide bonds. The van der Waals surface area contributed by atoms with E-state index in [1.165, 1.54) is 11.6 Å². The highest BCUT2D eigenvalue weighted by molar-refractivity contribution is 5.58. The number of rotatable bonds is 5. The number of nitrogens with zero attached hydrogens (tertiary/aromatic N) is 3. The minimum absolute atomic E-state index is 0.155. The number of aromatic nitrogens is 1. The van der Waals surface area contributed by atoms with Crippen LogP contribution in [0.1, 0.15) is 11.1 Å². The summed E-state index contributed by atoms with van der Waals surface area (Å²) in [6, 6.07) is 21.4. The monoisotopic (exact) mass is 361 g/mol. The predicted octanol–water partition coefficient (Wildman–Crippen LogP) is 4.21. The molecule has 2 aromatic carbocycles. The van der Waals surface area contributed by atoms with Crippen molar-refractivity contribution >= 4 is 0 Å². The highest BCUT2D eigenvalue weighted by Gasteiger charge is 2.17. The number of hydrogen-bond donors (Lipinski definition) is 0. The van der Waals surface area contributed by atoms with E-state index in [-0.39, 0.29) is 5.82 Å². The third-order valence-corrected chi connectivity index (χ3v) is 5.06. The maximum Gasteiger partial charge on any atom is 0.123 e. The Morgan fingerprint density at radius 2 is 1.44 bits per heavy atom. The Bertz CT molecular complexity index is 856. The molecule has 1 fully saturated rings. The van der Waals surface area contributed by atoms with Crippen LogP contribution >= 0.6 is 0 Å². The zero-order valence-electron chi connectivity index (χ0n) is 15.4. The quantitative estimate of drug-likeness (QED) is 0.679. The molecule has 1 aliphatic heterocycles. The number of pyridine rings is 1. The maximum atomic E-state index is 13.3. The molecule has 0 radical (unpaired) electrons. The third-order valence-electron chi connectivity index (χ3n) is 5.06. The zero-order valence-corrected chi connectivity index (χ0v) is 15.4. The van der Waals surface area contributed by atoms with E-state index in [2.05, 4.69) is 39.0 Å². The molecule has 1 aliphatic rings. The second-order valence-corrected chi connectivity index (χ2v) is 7.10. The van der Waals surface area contributed by atoms with Crippen LogP contribution in [0.2, 0.25) is 0 Å². The van der Waals surface area contributed by atoms with Crippen molar-refractivity contribution < 1.29 is 4.39 Å². The average Bonchev–Trinajstić information content (AvgIpc) is 2.71. The van der Waals surface area contributed by atoms with Gasteiger partial charge < -0.3 is 0 Å². The fourth-order valence-electron chi connectivity index (χ4n) is 3.55. The summed E-state index contributed by atoms with van der Waals surface area (Å²) in [4.78, 5) is 9.47. The van der Waals surface area contributed by atoms with Gasteiger partial charge in [-0.1, -0.05) is 48.5 Å². The first-order valence-corrected chi connectivity index (χ1v) is 9.46. The Kier molecular flexibility index (Phi) is 5.56. The third kappa shape index (κ3) is 4.79.